The maximum atomic E-state index is 11.3. The zero-order valence-corrected chi connectivity index (χ0v) is 13.1. The first-order valence-electron chi connectivity index (χ1n) is 8.02. The van der Waals surface area contributed by atoms with E-state index in [2.05, 4.69) is 30.5 Å². The third-order valence-electron chi connectivity index (χ3n) is 3.74. The van der Waals surface area contributed by atoms with E-state index in [-0.39, 0.29) is 5.91 Å². The minimum atomic E-state index is 0.0999. The molecular weight excluding hydrogens is 264 g/mol. The summed E-state index contributed by atoms with van der Waals surface area (Å²) in [4.78, 5) is 11.3. The fourth-order valence-corrected chi connectivity index (χ4v) is 2.59. The Labute approximate surface area is 127 Å². The molecule has 0 bridgehead atoms. The number of amides is 1. The molecular formula is C17H26N2O2. The Morgan fingerprint density at radius 1 is 1.29 bits per heavy atom. The van der Waals surface area contributed by atoms with Crippen molar-refractivity contribution in [1.82, 2.24) is 5.32 Å². The molecule has 1 aromatic carbocycles. The highest BCUT2D eigenvalue weighted by Gasteiger charge is 2.15. The zero-order chi connectivity index (χ0) is 15.1. The molecule has 1 aromatic rings. The maximum Gasteiger partial charge on any atom is 0.224 e. The number of nitrogens with one attached hydrogen (secondary N) is 2. The number of fused-ring (bicyclic) bond motifs is 1. The Morgan fingerprint density at radius 2 is 2.14 bits per heavy atom. The Morgan fingerprint density at radius 3 is 2.90 bits per heavy atom. The van der Waals surface area contributed by atoms with E-state index < -0.39 is 0 Å². The molecule has 1 aliphatic rings. The highest BCUT2D eigenvalue weighted by atomic mass is 16.5. The summed E-state index contributed by atoms with van der Waals surface area (Å²) in [6.07, 6.45) is 4.78. The number of ether oxygens (including phenoxy) is 1. The van der Waals surface area contributed by atoms with Crippen LogP contribution in [-0.2, 0) is 11.2 Å². The summed E-state index contributed by atoms with van der Waals surface area (Å²) in [5.74, 6) is 0.993. The van der Waals surface area contributed by atoms with Gasteiger partial charge in [-0.05, 0) is 49.6 Å². The van der Waals surface area contributed by atoms with Gasteiger partial charge in [0.25, 0.3) is 0 Å². The fourth-order valence-electron chi connectivity index (χ4n) is 2.59. The van der Waals surface area contributed by atoms with E-state index in [0.717, 1.165) is 43.7 Å². The Kier molecular flexibility index (Phi) is 6.05. The van der Waals surface area contributed by atoms with Gasteiger partial charge in [-0.1, -0.05) is 20.3 Å². The van der Waals surface area contributed by atoms with Gasteiger partial charge in [-0.15, -0.1) is 0 Å². The van der Waals surface area contributed by atoms with Crippen LogP contribution >= 0.6 is 0 Å². The average Bonchev–Trinajstić information content (AvgIpc) is 2.50. The lowest BCUT2D eigenvalue weighted by molar-refractivity contribution is -0.116. The van der Waals surface area contributed by atoms with Crippen LogP contribution in [0.25, 0.3) is 0 Å². The molecule has 2 rings (SSSR count). The fraction of sp³-hybridized carbons (Fsp3) is 0.588. The summed E-state index contributed by atoms with van der Waals surface area (Å²) >= 11 is 0. The van der Waals surface area contributed by atoms with Gasteiger partial charge in [0.1, 0.15) is 12.4 Å². The summed E-state index contributed by atoms with van der Waals surface area (Å²) in [6, 6.07) is 6.34. The van der Waals surface area contributed by atoms with Gasteiger partial charge in [-0.2, -0.15) is 0 Å². The molecule has 1 aliphatic heterocycles. The Hall–Kier alpha value is -1.55. The van der Waals surface area contributed by atoms with Crippen molar-refractivity contribution in [3.63, 3.8) is 0 Å². The molecule has 0 radical (unpaired) electrons. The Bertz CT molecular complexity index is 474. The highest BCUT2D eigenvalue weighted by Crippen LogP contribution is 2.26. The minimum Gasteiger partial charge on any atom is -0.492 e. The van der Waals surface area contributed by atoms with Crippen molar-refractivity contribution in [1.29, 1.82) is 0 Å². The second-order valence-electron chi connectivity index (χ2n) is 5.62. The van der Waals surface area contributed by atoms with Gasteiger partial charge in [-0.25, -0.2) is 0 Å². The monoisotopic (exact) mass is 290 g/mol. The van der Waals surface area contributed by atoms with Crippen LogP contribution in [0.15, 0.2) is 18.2 Å². The van der Waals surface area contributed by atoms with Crippen LogP contribution < -0.4 is 15.4 Å². The predicted octanol–water partition coefficient (Wildman–Crippen LogP) is 3.12. The van der Waals surface area contributed by atoms with Crippen LogP contribution in [0.4, 0.5) is 5.69 Å². The summed E-state index contributed by atoms with van der Waals surface area (Å²) < 4.78 is 5.94. The second kappa shape index (κ2) is 8.03. The molecule has 0 saturated heterocycles. The number of anilines is 1. The topological polar surface area (TPSA) is 50.4 Å². The van der Waals surface area contributed by atoms with E-state index in [1.54, 1.807) is 0 Å². The van der Waals surface area contributed by atoms with E-state index >= 15 is 0 Å². The van der Waals surface area contributed by atoms with Crippen molar-refractivity contribution in [2.45, 2.75) is 52.0 Å². The van der Waals surface area contributed by atoms with Gasteiger partial charge < -0.3 is 15.4 Å². The average molecular weight is 290 g/mol. The van der Waals surface area contributed by atoms with E-state index in [9.17, 15) is 4.79 Å². The first kappa shape index (κ1) is 15.8. The molecule has 1 amide bonds. The van der Waals surface area contributed by atoms with Crippen molar-refractivity contribution in [3.05, 3.63) is 23.8 Å². The lowest BCUT2D eigenvalue weighted by Crippen LogP contribution is -2.35. The molecule has 0 fully saturated rings. The number of hydrogen-bond donors (Lipinski definition) is 2. The lowest BCUT2D eigenvalue weighted by Gasteiger charge is -2.20. The molecule has 0 saturated carbocycles. The van der Waals surface area contributed by atoms with Gasteiger partial charge in [0.05, 0.1) is 0 Å². The molecule has 21 heavy (non-hydrogen) atoms. The largest absolute Gasteiger partial charge is 0.492 e. The van der Waals surface area contributed by atoms with Crippen molar-refractivity contribution < 1.29 is 9.53 Å². The van der Waals surface area contributed by atoms with Crippen molar-refractivity contribution in [2.75, 3.05) is 18.5 Å². The summed E-state index contributed by atoms with van der Waals surface area (Å²) in [5.41, 5.74) is 2.09. The number of rotatable bonds is 8. The number of carbonyl (C=O) groups is 1. The quantitative estimate of drug-likeness (QED) is 0.773. The summed E-state index contributed by atoms with van der Waals surface area (Å²) in [5, 5.41) is 6.42. The second-order valence-corrected chi connectivity index (χ2v) is 5.62. The standard InChI is InChI=1S/C17H26N2O2/c1-3-5-14(18-10-4-2)12-21-15-7-8-16-13(11-15)6-9-17(20)19-16/h7-8,11,14,18H,3-6,9-10,12H2,1-2H3,(H,19,20). The van der Waals surface area contributed by atoms with Gasteiger partial charge >= 0.3 is 0 Å². The number of benzene rings is 1. The van der Waals surface area contributed by atoms with Gasteiger partial charge in [-0.3, -0.25) is 4.79 Å². The molecule has 0 spiro atoms. The van der Waals surface area contributed by atoms with Gasteiger partial charge in [0.15, 0.2) is 0 Å². The Balaban J connectivity index is 1.91. The van der Waals surface area contributed by atoms with E-state index in [0.29, 0.717) is 19.1 Å². The lowest BCUT2D eigenvalue weighted by atomic mass is 10.0. The first-order chi connectivity index (χ1) is 10.2. The van der Waals surface area contributed by atoms with Gasteiger partial charge in [0.2, 0.25) is 5.91 Å². The third-order valence-corrected chi connectivity index (χ3v) is 3.74. The molecule has 0 aromatic heterocycles. The van der Waals surface area contributed by atoms with Crippen LogP contribution in [-0.4, -0.2) is 25.1 Å². The predicted molar refractivity (Wildman–Crippen MR) is 85.9 cm³/mol. The van der Waals surface area contributed by atoms with Crippen LogP contribution in [0.5, 0.6) is 5.75 Å². The summed E-state index contributed by atoms with van der Waals surface area (Å²) in [6.45, 7) is 6.10. The van der Waals surface area contributed by atoms with Crippen LogP contribution in [0.2, 0.25) is 0 Å². The highest BCUT2D eigenvalue weighted by molar-refractivity contribution is 5.93. The molecule has 1 heterocycles. The molecule has 1 unspecified atom stereocenters. The minimum absolute atomic E-state index is 0.0999. The van der Waals surface area contributed by atoms with Crippen molar-refractivity contribution >= 4 is 11.6 Å². The number of hydrogen-bond acceptors (Lipinski definition) is 3. The van der Waals surface area contributed by atoms with Crippen LogP contribution in [0.1, 0.15) is 45.1 Å². The SMILES string of the molecule is CCCNC(CCC)COc1ccc2c(c1)CCC(=O)N2. The summed E-state index contributed by atoms with van der Waals surface area (Å²) in [7, 11) is 0. The normalized spacial score (nSPS) is 15.2. The smallest absolute Gasteiger partial charge is 0.224 e. The van der Waals surface area contributed by atoms with Gasteiger partial charge in [0, 0.05) is 18.2 Å². The van der Waals surface area contributed by atoms with Crippen molar-refractivity contribution in [3.8, 4) is 5.75 Å². The van der Waals surface area contributed by atoms with Crippen molar-refractivity contribution in [2.24, 2.45) is 0 Å². The first-order valence-corrected chi connectivity index (χ1v) is 8.02. The molecule has 4 nitrogen and oxygen atoms in total. The third kappa shape index (κ3) is 4.74. The molecule has 0 aliphatic carbocycles. The molecule has 4 heteroatoms. The number of carbonyl (C=O) groups excluding carboxylic acids is 1. The molecule has 1 atom stereocenters. The van der Waals surface area contributed by atoms with E-state index in [1.165, 1.54) is 5.56 Å². The van der Waals surface area contributed by atoms with E-state index in [1.807, 2.05) is 12.1 Å². The maximum absolute atomic E-state index is 11.3. The van der Waals surface area contributed by atoms with E-state index in [4.69, 9.17) is 4.74 Å². The zero-order valence-electron chi connectivity index (χ0n) is 13.1. The number of aryl methyl sites for hydroxylation is 1. The van der Waals surface area contributed by atoms with Crippen LogP contribution in [0.3, 0.4) is 0 Å². The molecule has 2 N–H and O–H groups in total. The van der Waals surface area contributed by atoms with Crippen LogP contribution in [0, 0.1) is 0 Å². The molecule has 116 valence electrons.